The molecular formula is C16H22BrNO2. The van der Waals surface area contributed by atoms with Gasteiger partial charge < -0.3 is 10.1 Å². The molecule has 0 unspecified atom stereocenters. The van der Waals surface area contributed by atoms with E-state index in [2.05, 4.69) is 21.2 Å². The van der Waals surface area contributed by atoms with E-state index in [4.69, 9.17) is 4.74 Å². The number of ether oxygens (including phenoxy) is 1. The smallest absolute Gasteiger partial charge is 0.255 e. The van der Waals surface area contributed by atoms with E-state index in [0.717, 1.165) is 12.1 Å². The molecule has 110 valence electrons. The first-order valence-electron chi connectivity index (χ1n) is 7.17. The molecule has 3 nitrogen and oxygen atoms in total. The number of rotatable bonds is 4. The maximum absolute atomic E-state index is 12.3. The third-order valence-corrected chi connectivity index (χ3v) is 4.84. The van der Waals surface area contributed by atoms with Crippen LogP contribution in [0.25, 0.3) is 0 Å². The molecule has 1 N–H and O–H groups in total. The molecule has 1 amide bonds. The first-order valence-corrected chi connectivity index (χ1v) is 8.08. The van der Waals surface area contributed by atoms with Gasteiger partial charge in [-0.25, -0.2) is 0 Å². The maximum Gasteiger partial charge on any atom is 0.255 e. The van der Waals surface area contributed by atoms with Crippen molar-refractivity contribution < 1.29 is 9.53 Å². The molecule has 0 saturated heterocycles. The number of carbonyl (C=O) groups excluding carboxylic acids is 1. The first-order chi connectivity index (χ1) is 9.60. The van der Waals surface area contributed by atoms with Crippen molar-refractivity contribution in [3.8, 4) is 5.75 Å². The van der Waals surface area contributed by atoms with Crippen molar-refractivity contribution >= 4 is 21.8 Å². The summed E-state index contributed by atoms with van der Waals surface area (Å²) in [6.45, 7) is 2.74. The van der Waals surface area contributed by atoms with Gasteiger partial charge in [-0.15, -0.1) is 0 Å². The lowest BCUT2D eigenvalue weighted by Crippen LogP contribution is -2.31. The van der Waals surface area contributed by atoms with E-state index in [1.54, 1.807) is 7.11 Å². The minimum atomic E-state index is -0.0356. The Kier molecular flexibility index (Phi) is 5.46. The molecule has 0 spiro atoms. The van der Waals surface area contributed by atoms with Gasteiger partial charge in [0.05, 0.1) is 12.7 Å². The standard InChI is InChI=1S/C16H22BrNO2/c1-11-3-8-15(20-2)14(9-11)16(19)18-10-12-4-6-13(17)7-5-12/h3,8-9,12-13H,4-7,10H2,1-2H3,(H,18,19). The fourth-order valence-electron chi connectivity index (χ4n) is 2.66. The fourth-order valence-corrected chi connectivity index (χ4v) is 3.19. The first kappa shape index (κ1) is 15.4. The number of amides is 1. The quantitative estimate of drug-likeness (QED) is 0.849. The highest BCUT2D eigenvalue weighted by Gasteiger charge is 2.20. The van der Waals surface area contributed by atoms with Crippen molar-refractivity contribution in [3.05, 3.63) is 29.3 Å². The van der Waals surface area contributed by atoms with Gasteiger partial charge in [0, 0.05) is 11.4 Å². The second kappa shape index (κ2) is 7.11. The van der Waals surface area contributed by atoms with Crippen LogP contribution in [0.1, 0.15) is 41.6 Å². The topological polar surface area (TPSA) is 38.3 Å². The summed E-state index contributed by atoms with van der Waals surface area (Å²) in [5.41, 5.74) is 1.69. The molecular weight excluding hydrogens is 318 g/mol. The van der Waals surface area contributed by atoms with Crippen LogP contribution in [0, 0.1) is 12.8 Å². The van der Waals surface area contributed by atoms with Gasteiger partial charge in [-0.1, -0.05) is 27.6 Å². The second-order valence-corrected chi connectivity index (χ2v) is 6.83. The van der Waals surface area contributed by atoms with Gasteiger partial charge in [-0.05, 0) is 50.7 Å². The average molecular weight is 340 g/mol. The Morgan fingerprint density at radius 3 is 2.70 bits per heavy atom. The van der Waals surface area contributed by atoms with Gasteiger partial charge in [-0.3, -0.25) is 4.79 Å². The van der Waals surface area contributed by atoms with Crippen LogP contribution in [0.4, 0.5) is 0 Å². The Bertz CT molecular complexity index is 468. The largest absolute Gasteiger partial charge is 0.496 e. The summed E-state index contributed by atoms with van der Waals surface area (Å²) < 4.78 is 5.26. The Morgan fingerprint density at radius 1 is 1.35 bits per heavy atom. The number of carbonyl (C=O) groups is 1. The Hall–Kier alpha value is -1.03. The zero-order valence-corrected chi connectivity index (χ0v) is 13.7. The molecule has 20 heavy (non-hydrogen) atoms. The molecule has 1 fully saturated rings. The van der Waals surface area contributed by atoms with Crippen LogP contribution >= 0.6 is 15.9 Å². The molecule has 1 aliphatic rings. The number of nitrogens with one attached hydrogen (secondary N) is 1. The number of hydrogen-bond acceptors (Lipinski definition) is 2. The molecule has 0 aliphatic heterocycles. The lowest BCUT2D eigenvalue weighted by molar-refractivity contribution is 0.0940. The van der Waals surface area contributed by atoms with Crippen LogP contribution in [0.3, 0.4) is 0 Å². The molecule has 0 radical (unpaired) electrons. The number of alkyl halides is 1. The number of methoxy groups -OCH3 is 1. The van der Waals surface area contributed by atoms with Crippen LogP contribution in [0.5, 0.6) is 5.75 Å². The minimum absolute atomic E-state index is 0.0356. The molecule has 1 aliphatic carbocycles. The normalized spacial score (nSPS) is 22.4. The van der Waals surface area contributed by atoms with E-state index in [1.807, 2.05) is 25.1 Å². The zero-order chi connectivity index (χ0) is 14.5. The molecule has 4 heteroatoms. The highest BCUT2D eigenvalue weighted by molar-refractivity contribution is 9.09. The molecule has 0 bridgehead atoms. The summed E-state index contributed by atoms with van der Waals surface area (Å²) in [4.78, 5) is 12.9. The molecule has 0 atom stereocenters. The highest BCUT2D eigenvalue weighted by Crippen LogP contribution is 2.28. The molecule has 1 aromatic rings. The SMILES string of the molecule is COc1ccc(C)cc1C(=O)NCC1CCC(Br)CC1. The van der Waals surface area contributed by atoms with E-state index in [-0.39, 0.29) is 5.91 Å². The van der Waals surface area contributed by atoms with Crippen LogP contribution in [0.15, 0.2) is 18.2 Å². The maximum atomic E-state index is 12.3. The summed E-state index contributed by atoms with van der Waals surface area (Å²) in [6, 6.07) is 5.68. The zero-order valence-electron chi connectivity index (χ0n) is 12.1. The third-order valence-electron chi connectivity index (χ3n) is 3.93. The number of benzene rings is 1. The van der Waals surface area contributed by atoms with Crippen molar-refractivity contribution in [1.82, 2.24) is 5.32 Å². The van der Waals surface area contributed by atoms with Crippen LogP contribution in [-0.2, 0) is 0 Å². The van der Waals surface area contributed by atoms with Gasteiger partial charge >= 0.3 is 0 Å². The monoisotopic (exact) mass is 339 g/mol. The summed E-state index contributed by atoms with van der Waals surface area (Å²) in [5, 5.41) is 3.05. The van der Waals surface area contributed by atoms with Crippen molar-refractivity contribution in [1.29, 1.82) is 0 Å². The Morgan fingerprint density at radius 2 is 2.05 bits per heavy atom. The van der Waals surface area contributed by atoms with Gasteiger partial charge in [0.15, 0.2) is 0 Å². The van der Waals surface area contributed by atoms with E-state index in [9.17, 15) is 4.79 Å². The summed E-state index contributed by atoms with van der Waals surface area (Å²) in [7, 11) is 1.60. The van der Waals surface area contributed by atoms with Crippen molar-refractivity contribution in [2.75, 3.05) is 13.7 Å². The second-order valence-electron chi connectivity index (χ2n) is 5.53. The van der Waals surface area contributed by atoms with E-state index < -0.39 is 0 Å². The Balaban J connectivity index is 1.93. The van der Waals surface area contributed by atoms with Gasteiger partial charge in [-0.2, -0.15) is 0 Å². The van der Waals surface area contributed by atoms with Gasteiger partial charge in [0.25, 0.3) is 5.91 Å². The van der Waals surface area contributed by atoms with Crippen molar-refractivity contribution in [2.45, 2.75) is 37.4 Å². The molecule has 1 aromatic carbocycles. The summed E-state index contributed by atoms with van der Waals surface area (Å²) >= 11 is 3.66. The van der Waals surface area contributed by atoms with Crippen LogP contribution in [0.2, 0.25) is 0 Å². The predicted molar refractivity (Wildman–Crippen MR) is 84.7 cm³/mol. The van der Waals surface area contributed by atoms with Gasteiger partial charge in [0.2, 0.25) is 0 Å². The average Bonchev–Trinajstić information content (AvgIpc) is 2.46. The van der Waals surface area contributed by atoms with Crippen molar-refractivity contribution in [3.63, 3.8) is 0 Å². The highest BCUT2D eigenvalue weighted by atomic mass is 79.9. The fraction of sp³-hybridized carbons (Fsp3) is 0.562. The molecule has 0 aromatic heterocycles. The lowest BCUT2D eigenvalue weighted by atomic mass is 9.89. The van der Waals surface area contributed by atoms with E-state index in [0.29, 0.717) is 22.1 Å². The molecule has 1 saturated carbocycles. The number of halogens is 1. The molecule has 2 rings (SSSR count). The number of aryl methyl sites for hydroxylation is 1. The van der Waals surface area contributed by atoms with Crippen molar-refractivity contribution in [2.24, 2.45) is 5.92 Å². The third kappa shape index (κ3) is 3.98. The Labute approximate surface area is 129 Å². The lowest BCUT2D eigenvalue weighted by Gasteiger charge is -2.25. The molecule has 0 heterocycles. The van der Waals surface area contributed by atoms with E-state index >= 15 is 0 Å². The number of hydrogen-bond donors (Lipinski definition) is 1. The summed E-state index contributed by atoms with van der Waals surface area (Å²) in [5.74, 6) is 1.20. The van der Waals surface area contributed by atoms with Crippen LogP contribution in [-0.4, -0.2) is 24.4 Å². The predicted octanol–water partition coefficient (Wildman–Crippen LogP) is 3.69. The van der Waals surface area contributed by atoms with Crippen LogP contribution < -0.4 is 10.1 Å². The summed E-state index contributed by atoms with van der Waals surface area (Å²) in [6.07, 6.45) is 4.77. The van der Waals surface area contributed by atoms with E-state index in [1.165, 1.54) is 25.7 Å². The minimum Gasteiger partial charge on any atom is -0.496 e. The van der Waals surface area contributed by atoms with Gasteiger partial charge in [0.1, 0.15) is 5.75 Å².